The maximum absolute atomic E-state index is 10.0. The summed E-state index contributed by atoms with van der Waals surface area (Å²) in [6, 6.07) is 0. The molecule has 0 saturated heterocycles. The zero-order valence-electron chi connectivity index (χ0n) is 17.0. The topological polar surface area (TPSA) is 40.5 Å². The van der Waals surface area contributed by atoms with E-state index < -0.39 is 5.60 Å². The molecule has 0 fully saturated rings. The first-order valence-electron chi connectivity index (χ1n) is 10.8. The molecule has 0 aliphatic heterocycles. The third-order valence-corrected chi connectivity index (χ3v) is 5.53. The molecule has 2 nitrogen and oxygen atoms in total. The summed E-state index contributed by atoms with van der Waals surface area (Å²) in [5.41, 5.74) is -0.446. The van der Waals surface area contributed by atoms with E-state index in [1.807, 2.05) is 6.92 Å². The Morgan fingerprint density at radius 3 is 1.58 bits per heavy atom. The van der Waals surface area contributed by atoms with Crippen LogP contribution in [-0.2, 0) is 0 Å². The van der Waals surface area contributed by atoms with E-state index in [1.165, 1.54) is 83.5 Å². The van der Waals surface area contributed by atoms with Crippen LogP contribution in [0.2, 0.25) is 0 Å². The smallest absolute Gasteiger partial charge is 0.0617 e. The molecule has 0 spiro atoms. The lowest BCUT2D eigenvalue weighted by Gasteiger charge is -2.22. The van der Waals surface area contributed by atoms with Crippen molar-refractivity contribution >= 4 is 0 Å². The first kappa shape index (κ1) is 23.9. The van der Waals surface area contributed by atoms with Gasteiger partial charge in [-0.1, -0.05) is 97.3 Å². The Morgan fingerprint density at radius 2 is 1.12 bits per heavy atom. The molecule has 0 rings (SSSR count). The second-order valence-corrected chi connectivity index (χ2v) is 8.25. The van der Waals surface area contributed by atoms with Gasteiger partial charge in [0.1, 0.15) is 0 Å². The van der Waals surface area contributed by atoms with E-state index in [2.05, 4.69) is 13.8 Å². The molecule has 2 unspecified atom stereocenters. The van der Waals surface area contributed by atoms with Crippen molar-refractivity contribution in [1.29, 1.82) is 0 Å². The van der Waals surface area contributed by atoms with Crippen LogP contribution >= 0.6 is 0 Å². The summed E-state index contributed by atoms with van der Waals surface area (Å²) in [4.78, 5) is 0. The molecule has 0 aromatic rings. The third kappa shape index (κ3) is 16.8. The van der Waals surface area contributed by atoms with Gasteiger partial charge in [0.25, 0.3) is 0 Å². The predicted octanol–water partition coefficient (Wildman–Crippen LogP) is 6.63. The number of aliphatic hydroxyl groups is 2. The Hall–Kier alpha value is -0.0800. The number of aliphatic hydroxyl groups excluding tert-OH is 1. The molecule has 0 radical (unpaired) electrons. The number of hydrogen-bond acceptors (Lipinski definition) is 2. The van der Waals surface area contributed by atoms with Crippen LogP contribution in [0.15, 0.2) is 0 Å². The molecular weight excluding hydrogens is 296 g/mol. The average Bonchev–Trinajstić information content (AvgIpc) is 2.55. The highest BCUT2D eigenvalue weighted by atomic mass is 16.3. The van der Waals surface area contributed by atoms with Crippen molar-refractivity contribution in [2.75, 3.05) is 6.61 Å². The van der Waals surface area contributed by atoms with E-state index in [1.54, 1.807) is 0 Å². The predicted molar refractivity (Wildman–Crippen MR) is 106 cm³/mol. The fourth-order valence-electron chi connectivity index (χ4n) is 3.35. The Bertz CT molecular complexity index is 250. The highest BCUT2D eigenvalue weighted by Crippen LogP contribution is 2.22. The lowest BCUT2D eigenvalue weighted by atomic mass is 9.91. The van der Waals surface area contributed by atoms with Gasteiger partial charge >= 0.3 is 0 Å². The summed E-state index contributed by atoms with van der Waals surface area (Å²) in [6.07, 6.45) is 20.2. The number of hydrogen-bond donors (Lipinski definition) is 2. The molecule has 0 saturated carbocycles. The zero-order chi connectivity index (χ0) is 18.1. The Balaban J connectivity index is 3.23. The molecule has 24 heavy (non-hydrogen) atoms. The van der Waals surface area contributed by atoms with Crippen LogP contribution in [0.4, 0.5) is 0 Å². The fourth-order valence-corrected chi connectivity index (χ4v) is 3.35. The summed E-state index contributed by atoms with van der Waals surface area (Å²) in [6.45, 7) is 6.77. The minimum Gasteiger partial charge on any atom is -0.396 e. The monoisotopic (exact) mass is 342 g/mol. The third-order valence-electron chi connectivity index (χ3n) is 5.53. The van der Waals surface area contributed by atoms with Crippen molar-refractivity contribution in [2.24, 2.45) is 5.92 Å². The SMILES string of the molecule is CCC(C)(O)CCCC(C)CCCCCCCCCCCCCO. The maximum atomic E-state index is 10.0. The Labute approximate surface area is 152 Å². The molecule has 2 heteroatoms. The lowest BCUT2D eigenvalue weighted by molar-refractivity contribution is 0.0432. The van der Waals surface area contributed by atoms with Crippen molar-refractivity contribution in [3.63, 3.8) is 0 Å². The molecule has 0 aliphatic carbocycles. The van der Waals surface area contributed by atoms with E-state index in [-0.39, 0.29) is 0 Å². The highest BCUT2D eigenvalue weighted by Gasteiger charge is 2.16. The van der Waals surface area contributed by atoms with Gasteiger partial charge in [-0.15, -0.1) is 0 Å². The number of rotatable bonds is 18. The summed E-state index contributed by atoms with van der Waals surface area (Å²) in [5.74, 6) is 0.816. The molecule has 0 heterocycles. The first-order chi connectivity index (χ1) is 11.5. The molecule has 0 bridgehead atoms. The summed E-state index contributed by atoms with van der Waals surface area (Å²) < 4.78 is 0. The summed E-state index contributed by atoms with van der Waals surface area (Å²) >= 11 is 0. The molecule has 0 aromatic heterocycles. The van der Waals surface area contributed by atoms with E-state index in [9.17, 15) is 5.11 Å². The van der Waals surface area contributed by atoms with Gasteiger partial charge in [-0.05, 0) is 32.1 Å². The quantitative estimate of drug-likeness (QED) is 0.274. The minimum absolute atomic E-state index is 0.359. The van der Waals surface area contributed by atoms with Crippen LogP contribution < -0.4 is 0 Å². The van der Waals surface area contributed by atoms with E-state index in [0.717, 1.165) is 25.2 Å². The average molecular weight is 343 g/mol. The largest absolute Gasteiger partial charge is 0.396 e. The summed E-state index contributed by atoms with van der Waals surface area (Å²) in [7, 11) is 0. The van der Waals surface area contributed by atoms with Crippen LogP contribution in [0.1, 0.15) is 124 Å². The van der Waals surface area contributed by atoms with E-state index in [0.29, 0.717) is 6.61 Å². The second kappa shape index (κ2) is 16.4. The van der Waals surface area contributed by atoms with Crippen molar-refractivity contribution in [3.05, 3.63) is 0 Å². The van der Waals surface area contributed by atoms with Gasteiger partial charge in [-0.3, -0.25) is 0 Å². The molecular formula is C22H46O2. The molecule has 0 amide bonds. The van der Waals surface area contributed by atoms with Gasteiger partial charge in [0.15, 0.2) is 0 Å². The van der Waals surface area contributed by atoms with Crippen LogP contribution in [0.25, 0.3) is 0 Å². The first-order valence-corrected chi connectivity index (χ1v) is 10.8. The fraction of sp³-hybridized carbons (Fsp3) is 1.00. The van der Waals surface area contributed by atoms with Gasteiger partial charge in [0.2, 0.25) is 0 Å². The van der Waals surface area contributed by atoms with Crippen molar-refractivity contribution in [2.45, 2.75) is 129 Å². The van der Waals surface area contributed by atoms with Crippen molar-refractivity contribution in [1.82, 2.24) is 0 Å². The molecule has 0 aliphatic rings. The molecule has 2 N–H and O–H groups in total. The summed E-state index contributed by atoms with van der Waals surface area (Å²) in [5, 5.41) is 18.7. The van der Waals surface area contributed by atoms with Gasteiger partial charge in [0, 0.05) is 6.61 Å². The van der Waals surface area contributed by atoms with Gasteiger partial charge in [0.05, 0.1) is 5.60 Å². The molecule has 146 valence electrons. The van der Waals surface area contributed by atoms with Gasteiger partial charge < -0.3 is 10.2 Å². The number of unbranched alkanes of at least 4 members (excludes halogenated alkanes) is 10. The normalized spacial score (nSPS) is 15.4. The van der Waals surface area contributed by atoms with Crippen LogP contribution in [0.5, 0.6) is 0 Å². The second-order valence-electron chi connectivity index (χ2n) is 8.25. The Morgan fingerprint density at radius 1 is 0.708 bits per heavy atom. The van der Waals surface area contributed by atoms with Gasteiger partial charge in [-0.2, -0.15) is 0 Å². The Kier molecular flexibility index (Phi) is 16.3. The molecule has 2 atom stereocenters. The van der Waals surface area contributed by atoms with E-state index >= 15 is 0 Å². The van der Waals surface area contributed by atoms with Crippen LogP contribution in [-0.4, -0.2) is 22.4 Å². The van der Waals surface area contributed by atoms with Crippen molar-refractivity contribution < 1.29 is 10.2 Å². The van der Waals surface area contributed by atoms with Gasteiger partial charge in [-0.25, -0.2) is 0 Å². The lowest BCUT2D eigenvalue weighted by Crippen LogP contribution is -2.22. The van der Waals surface area contributed by atoms with E-state index in [4.69, 9.17) is 5.11 Å². The standard InChI is InChI=1S/C22H46O2/c1-4-22(3,24)19-16-18-21(2)17-14-12-10-8-6-5-7-9-11-13-15-20-23/h21,23-24H,4-20H2,1-3H3. The maximum Gasteiger partial charge on any atom is 0.0617 e. The minimum atomic E-state index is -0.446. The van der Waals surface area contributed by atoms with Crippen LogP contribution in [0.3, 0.4) is 0 Å². The zero-order valence-corrected chi connectivity index (χ0v) is 17.0. The highest BCUT2D eigenvalue weighted by molar-refractivity contribution is 4.70. The molecule has 0 aromatic carbocycles. The van der Waals surface area contributed by atoms with Crippen LogP contribution in [0, 0.1) is 5.92 Å². The van der Waals surface area contributed by atoms with Crippen molar-refractivity contribution in [3.8, 4) is 0 Å².